The molecule has 0 aliphatic heterocycles. The highest BCUT2D eigenvalue weighted by Crippen LogP contribution is 2.33. The van der Waals surface area contributed by atoms with E-state index in [1.807, 2.05) is 6.07 Å². The molecule has 0 aromatic carbocycles. The molecule has 0 aliphatic carbocycles. The fourth-order valence-electron chi connectivity index (χ4n) is 1.77. The van der Waals surface area contributed by atoms with E-state index >= 15 is 0 Å². The first kappa shape index (κ1) is 16.1. The molecule has 0 fully saturated rings. The molecule has 2 heterocycles. The van der Waals surface area contributed by atoms with Gasteiger partial charge in [0, 0.05) is 32.6 Å². The van der Waals surface area contributed by atoms with Crippen molar-refractivity contribution in [3.8, 4) is 10.7 Å². The van der Waals surface area contributed by atoms with E-state index in [0.717, 1.165) is 38.3 Å². The highest BCUT2D eigenvalue weighted by atomic mass is 79.9. The van der Waals surface area contributed by atoms with E-state index in [2.05, 4.69) is 62.9 Å². The number of pyridine rings is 1. The van der Waals surface area contributed by atoms with Crippen LogP contribution >= 0.6 is 43.2 Å². The van der Waals surface area contributed by atoms with E-state index in [4.69, 9.17) is 4.98 Å². The zero-order chi connectivity index (χ0) is 14.7. The minimum absolute atomic E-state index is 0.475. The summed E-state index contributed by atoms with van der Waals surface area (Å²) in [6.07, 6.45) is 2.75. The van der Waals surface area contributed by atoms with Crippen LogP contribution in [0.5, 0.6) is 0 Å². The molecule has 0 aliphatic rings. The van der Waals surface area contributed by atoms with Gasteiger partial charge in [-0.15, -0.1) is 11.3 Å². The molecule has 0 unspecified atom stereocenters. The van der Waals surface area contributed by atoms with Gasteiger partial charge in [-0.25, -0.2) is 4.98 Å². The van der Waals surface area contributed by atoms with Gasteiger partial charge in [0.25, 0.3) is 0 Å². The smallest absolute Gasteiger partial charge is 0.143 e. The lowest BCUT2D eigenvalue weighted by molar-refractivity contribution is 0.590. The van der Waals surface area contributed by atoms with Crippen molar-refractivity contribution in [2.24, 2.45) is 0 Å². The lowest BCUT2D eigenvalue weighted by atomic mass is 10.3. The number of halogens is 2. The van der Waals surface area contributed by atoms with Crippen molar-refractivity contribution in [2.75, 3.05) is 0 Å². The topological polar surface area (TPSA) is 37.8 Å². The number of aromatic nitrogens is 2. The summed E-state index contributed by atoms with van der Waals surface area (Å²) in [5.74, 6) is 0. The molecule has 0 bridgehead atoms. The number of thiazole rings is 1. The van der Waals surface area contributed by atoms with E-state index in [1.54, 1.807) is 17.5 Å². The maximum atomic E-state index is 4.74. The minimum atomic E-state index is 0.475. The van der Waals surface area contributed by atoms with E-state index in [-0.39, 0.29) is 0 Å². The van der Waals surface area contributed by atoms with Crippen molar-refractivity contribution in [3.63, 3.8) is 0 Å². The molecule has 20 heavy (non-hydrogen) atoms. The van der Waals surface area contributed by atoms with Crippen LogP contribution in [0.3, 0.4) is 0 Å². The van der Waals surface area contributed by atoms with Gasteiger partial charge in [-0.05, 0) is 44.3 Å². The van der Waals surface area contributed by atoms with Crippen LogP contribution in [-0.4, -0.2) is 16.0 Å². The van der Waals surface area contributed by atoms with E-state index in [9.17, 15) is 0 Å². The first-order valence-corrected chi connectivity index (χ1v) is 8.94. The monoisotopic (exact) mass is 417 g/mol. The van der Waals surface area contributed by atoms with Gasteiger partial charge in [0.05, 0.1) is 5.69 Å². The lowest BCUT2D eigenvalue weighted by Gasteiger charge is -2.06. The summed E-state index contributed by atoms with van der Waals surface area (Å²) in [5.41, 5.74) is 2.07. The van der Waals surface area contributed by atoms with Crippen LogP contribution in [0.25, 0.3) is 10.7 Å². The van der Waals surface area contributed by atoms with Crippen LogP contribution in [0.4, 0.5) is 0 Å². The van der Waals surface area contributed by atoms with Crippen LogP contribution in [0.2, 0.25) is 0 Å². The molecule has 0 saturated heterocycles. The van der Waals surface area contributed by atoms with E-state index in [1.165, 1.54) is 4.88 Å². The van der Waals surface area contributed by atoms with Crippen molar-refractivity contribution >= 4 is 43.2 Å². The summed E-state index contributed by atoms with van der Waals surface area (Å²) in [5, 5.41) is 4.43. The molecule has 2 aromatic heterocycles. The largest absolute Gasteiger partial charge is 0.310 e. The molecule has 0 radical (unpaired) electrons. The first-order valence-electron chi connectivity index (χ1n) is 6.54. The summed E-state index contributed by atoms with van der Waals surface area (Å²) in [7, 11) is 0. The first-order chi connectivity index (χ1) is 9.51. The summed E-state index contributed by atoms with van der Waals surface area (Å²) < 4.78 is 1.92. The maximum Gasteiger partial charge on any atom is 0.143 e. The van der Waals surface area contributed by atoms with E-state index < -0.39 is 0 Å². The molecular formula is C14H17Br2N3S. The number of hydrogen-bond acceptors (Lipinski definition) is 4. The summed E-state index contributed by atoms with van der Waals surface area (Å²) in [4.78, 5) is 10.5. The fraction of sp³-hybridized carbons (Fsp3) is 0.429. The second kappa shape index (κ2) is 7.11. The molecule has 2 aromatic rings. The molecule has 1 N–H and O–H groups in total. The Bertz CT molecular complexity index is 596. The minimum Gasteiger partial charge on any atom is -0.310 e. The standard InChI is InChI=1S/C14H17Br2N3S/c1-4-11-12(7-17-8(2)3)20-14(19-11)13-10(16)5-9(15)6-18-13/h5-6,8,17H,4,7H2,1-3H3. The Hall–Kier alpha value is -0.300. The quantitative estimate of drug-likeness (QED) is 0.758. The molecule has 3 nitrogen and oxygen atoms in total. The van der Waals surface area contributed by atoms with Gasteiger partial charge in [0.15, 0.2) is 0 Å². The Balaban J connectivity index is 2.33. The van der Waals surface area contributed by atoms with E-state index in [0.29, 0.717) is 6.04 Å². The molecule has 6 heteroatoms. The highest BCUT2D eigenvalue weighted by Gasteiger charge is 2.14. The molecule has 2 rings (SSSR count). The Kier molecular flexibility index (Phi) is 5.72. The summed E-state index contributed by atoms with van der Waals surface area (Å²) in [6.45, 7) is 7.31. The fourth-order valence-corrected chi connectivity index (χ4v) is 4.19. The van der Waals surface area contributed by atoms with Crippen molar-refractivity contribution in [3.05, 3.63) is 31.8 Å². The third-order valence-corrected chi connectivity index (χ3v) is 4.94. The van der Waals surface area contributed by atoms with Crippen LogP contribution in [0.15, 0.2) is 21.2 Å². The molecular weight excluding hydrogens is 402 g/mol. The summed E-state index contributed by atoms with van der Waals surface area (Å²) >= 11 is 8.70. The number of aryl methyl sites for hydroxylation is 1. The van der Waals surface area contributed by atoms with Gasteiger partial charge in [0.1, 0.15) is 10.7 Å². The Morgan fingerprint density at radius 2 is 2.10 bits per heavy atom. The van der Waals surface area contributed by atoms with Crippen molar-refractivity contribution in [1.29, 1.82) is 0 Å². The molecule has 0 atom stereocenters. The second-order valence-electron chi connectivity index (χ2n) is 4.76. The second-order valence-corrected chi connectivity index (χ2v) is 7.62. The molecule has 0 saturated carbocycles. The van der Waals surface area contributed by atoms with Crippen LogP contribution in [-0.2, 0) is 13.0 Å². The molecule has 108 valence electrons. The number of hydrogen-bond donors (Lipinski definition) is 1. The zero-order valence-corrected chi connectivity index (χ0v) is 15.7. The lowest BCUT2D eigenvalue weighted by Crippen LogP contribution is -2.21. The average Bonchev–Trinajstić information content (AvgIpc) is 2.79. The molecule has 0 amide bonds. The van der Waals surface area contributed by atoms with Gasteiger partial charge in [-0.1, -0.05) is 20.8 Å². The average molecular weight is 419 g/mol. The third kappa shape index (κ3) is 3.87. The molecule has 0 spiro atoms. The van der Waals surface area contributed by atoms with Crippen molar-refractivity contribution < 1.29 is 0 Å². The highest BCUT2D eigenvalue weighted by molar-refractivity contribution is 9.11. The van der Waals surface area contributed by atoms with Gasteiger partial charge in [-0.3, -0.25) is 4.98 Å². The predicted octanol–water partition coefficient (Wildman–Crippen LogP) is 4.79. The Morgan fingerprint density at radius 1 is 1.35 bits per heavy atom. The number of nitrogens with zero attached hydrogens (tertiary/aromatic N) is 2. The normalized spacial score (nSPS) is 11.3. The predicted molar refractivity (Wildman–Crippen MR) is 92.1 cm³/mol. The van der Waals surface area contributed by atoms with Crippen LogP contribution in [0.1, 0.15) is 31.3 Å². The van der Waals surface area contributed by atoms with Crippen LogP contribution in [0, 0.1) is 0 Å². The van der Waals surface area contributed by atoms with Crippen molar-refractivity contribution in [1.82, 2.24) is 15.3 Å². The Morgan fingerprint density at radius 3 is 2.70 bits per heavy atom. The third-order valence-electron chi connectivity index (χ3n) is 2.79. The van der Waals surface area contributed by atoms with Gasteiger partial charge >= 0.3 is 0 Å². The van der Waals surface area contributed by atoms with Gasteiger partial charge in [-0.2, -0.15) is 0 Å². The zero-order valence-electron chi connectivity index (χ0n) is 11.7. The number of nitrogens with one attached hydrogen (secondary N) is 1. The van der Waals surface area contributed by atoms with Crippen LogP contribution < -0.4 is 5.32 Å². The number of rotatable bonds is 5. The SMILES string of the molecule is CCc1nc(-c2ncc(Br)cc2Br)sc1CNC(C)C. The maximum absolute atomic E-state index is 4.74. The Labute approximate surface area is 140 Å². The van der Waals surface area contributed by atoms with Crippen molar-refractivity contribution in [2.45, 2.75) is 39.8 Å². The van der Waals surface area contributed by atoms with Gasteiger partial charge in [0.2, 0.25) is 0 Å². The summed E-state index contributed by atoms with van der Waals surface area (Å²) in [6, 6.07) is 2.48. The van der Waals surface area contributed by atoms with Gasteiger partial charge < -0.3 is 5.32 Å².